The Balaban J connectivity index is 0.00000167. The van der Waals surface area contributed by atoms with Crippen molar-refractivity contribution in [3.05, 3.63) is 77.8 Å². The molecule has 0 bridgehead atoms. The quantitative estimate of drug-likeness (QED) is 0.348. The molecule has 2 heterocycles. The highest BCUT2D eigenvalue weighted by Crippen LogP contribution is 2.34. The largest absolute Gasteiger partial charge is 0.389 e. The Labute approximate surface area is 213 Å². The van der Waals surface area contributed by atoms with Crippen LogP contribution < -0.4 is 10.6 Å². The van der Waals surface area contributed by atoms with Crippen molar-refractivity contribution in [1.29, 1.82) is 0 Å². The minimum atomic E-state index is 0.366. The van der Waals surface area contributed by atoms with Crippen molar-refractivity contribution in [3.63, 3.8) is 0 Å². The van der Waals surface area contributed by atoms with Gasteiger partial charge in [-0.3, -0.25) is 0 Å². The molecule has 1 aliphatic heterocycles. The van der Waals surface area contributed by atoms with Crippen molar-refractivity contribution in [2.75, 3.05) is 13.1 Å². The van der Waals surface area contributed by atoms with Crippen molar-refractivity contribution in [1.82, 2.24) is 20.2 Å². The fourth-order valence-electron chi connectivity index (χ4n) is 5.35. The summed E-state index contributed by atoms with van der Waals surface area (Å²) in [7, 11) is 0. The maximum Gasteiger partial charge on any atom is 0.113 e. The lowest BCUT2D eigenvalue weighted by atomic mass is 9.99. The van der Waals surface area contributed by atoms with E-state index in [4.69, 9.17) is 4.98 Å². The second-order valence-electron chi connectivity index (χ2n) is 9.80. The van der Waals surface area contributed by atoms with Crippen LogP contribution in [-0.2, 0) is 12.8 Å². The Morgan fingerprint density at radius 3 is 2.63 bits per heavy atom. The number of benzene rings is 2. The molecular weight excluding hydrogens is 428 g/mol. The second-order valence-corrected chi connectivity index (χ2v) is 9.80. The van der Waals surface area contributed by atoms with Gasteiger partial charge in [-0.2, -0.15) is 0 Å². The van der Waals surface area contributed by atoms with Gasteiger partial charge < -0.3 is 15.2 Å². The van der Waals surface area contributed by atoms with Gasteiger partial charge in [-0.15, -0.1) is 0 Å². The van der Waals surface area contributed by atoms with Gasteiger partial charge in [0, 0.05) is 18.0 Å². The number of hydrogen-bond donors (Lipinski definition) is 2. The predicted molar refractivity (Wildman–Crippen MR) is 151 cm³/mol. The van der Waals surface area contributed by atoms with Gasteiger partial charge in [-0.1, -0.05) is 63.7 Å². The Bertz CT molecular complexity index is 1040. The molecule has 3 aromatic rings. The number of imidazole rings is 1. The molecule has 0 amide bonds. The summed E-state index contributed by atoms with van der Waals surface area (Å²) in [6.07, 6.45) is 8.52. The van der Waals surface area contributed by atoms with Crippen molar-refractivity contribution in [3.8, 4) is 0 Å². The molecule has 4 nitrogen and oxygen atoms in total. The van der Waals surface area contributed by atoms with Crippen LogP contribution in [-0.4, -0.2) is 28.7 Å². The molecule has 0 radical (unpaired) electrons. The molecule has 1 aliphatic rings. The molecule has 1 fully saturated rings. The average Bonchev–Trinajstić information content (AvgIpc) is 3.05. The van der Waals surface area contributed by atoms with Crippen LogP contribution in [0.1, 0.15) is 87.9 Å². The number of nitrogens with zero attached hydrogens (tertiary/aromatic N) is 2. The minimum Gasteiger partial charge on any atom is -0.389 e. The maximum absolute atomic E-state index is 5.40. The van der Waals surface area contributed by atoms with E-state index in [0.29, 0.717) is 18.0 Å². The summed E-state index contributed by atoms with van der Waals surface area (Å²) in [5.41, 5.74) is 6.67. The standard InChI is InChI=1S/C29H40N4.C2H6/c1-5-31-23(4)14-15-26-21(2)13-16-27-28(26)32-29(22(3)20-24-10-7-6-8-11-24)33(27)25-12-9-18-30-19-17-25;1-2/h5-8,10-11,13,16,22-23,25,30-31H,1,9,12,14-15,17-20H2,2-4H3;1-2H3. The summed E-state index contributed by atoms with van der Waals surface area (Å²) in [5.74, 6) is 1.62. The van der Waals surface area contributed by atoms with E-state index in [1.165, 1.54) is 52.8 Å². The zero-order valence-corrected chi connectivity index (χ0v) is 22.6. The van der Waals surface area contributed by atoms with E-state index in [9.17, 15) is 0 Å². The number of rotatable bonds is 9. The van der Waals surface area contributed by atoms with Gasteiger partial charge in [0.2, 0.25) is 0 Å². The first-order valence-electron chi connectivity index (χ1n) is 13.7. The van der Waals surface area contributed by atoms with E-state index < -0.39 is 0 Å². The SMILES string of the molecule is C=CNC(C)CCc1c(C)ccc2c1nc(C(C)Cc1ccccc1)n2C1CCCNCC1.CC. The molecule has 0 aliphatic carbocycles. The van der Waals surface area contributed by atoms with Crippen molar-refractivity contribution < 1.29 is 0 Å². The van der Waals surface area contributed by atoms with Crippen LogP contribution in [0.3, 0.4) is 0 Å². The summed E-state index contributed by atoms with van der Waals surface area (Å²) in [6, 6.07) is 16.4. The summed E-state index contributed by atoms with van der Waals surface area (Å²) in [4.78, 5) is 5.40. The van der Waals surface area contributed by atoms with Crippen LogP contribution in [0.25, 0.3) is 11.0 Å². The summed E-state index contributed by atoms with van der Waals surface area (Å²) in [5, 5.41) is 6.93. The molecule has 1 aromatic heterocycles. The number of aromatic nitrogens is 2. The fourth-order valence-corrected chi connectivity index (χ4v) is 5.35. The zero-order valence-electron chi connectivity index (χ0n) is 22.6. The summed E-state index contributed by atoms with van der Waals surface area (Å²) < 4.78 is 2.62. The lowest BCUT2D eigenvalue weighted by Crippen LogP contribution is -2.20. The van der Waals surface area contributed by atoms with Gasteiger partial charge in [0.15, 0.2) is 0 Å². The predicted octanol–water partition coefficient (Wildman–Crippen LogP) is 7.09. The minimum absolute atomic E-state index is 0.366. The second kappa shape index (κ2) is 13.5. The average molecular weight is 475 g/mol. The van der Waals surface area contributed by atoms with Crippen LogP contribution in [0.2, 0.25) is 0 Å². The zero-order chi connectivity index (χ0) is 25.2. The molecule has 0 saturated carbocycles. The summed E-state index contributed by atoms with van der Waals surface area (Å²) in [6.45, 7) is 16.8. The molecular formula is C31H46N4. The molecule has 2 N–H and O–H groups in total. The Kier molecular flexibility index (Phi) is 10.4. The number of fused-ring (bicyclic) bond motifs is 1. The third-order valence-electron chi connectivity index (χ3n) is 7.19. The van der Waals surface area contributed by atoms with Gasteiger partial charge >= 0.3 is 0 Å². The van der Waals surface area contributed by atoms with Crippen molar-refractivity contribution >= 4 is 11.0 Å². The molecule has 4 heteroatoms. The first kappa shape index (κ1) is 27.0. The first-order valence-corrected chi connectivity index (χ1v) is 13.7. The highest BCUT2D eigenvalue weighted by Gasteiger charge is 2.25. The number of hydrogen-bond acceptors (Lipinski definition) is 3. The fraction of sp³-hybridized carbons (Fsp3) is 0.516. The molecule has 35 heavy (non-hydrogen) atoms. The maximum atomic E-state index is 5.40. The third kappa shape index (κ3) is 6.76. The van der Waals surface area contributed by atoms with Crippen LogP contribution in [0.15, 0.2) is 55.2 Å². The number of nitrogens with one attached hydrogen (secondary N) is 2. The van der Waals surface area contributed by atoms with Gasteiger partial charge in [-0.25, -0.2) is 4.98 Å². The molecule has 4 rings (SSSR count). The Hall–Kier alpha value is -2.59. The normalized spacial score (nSPS) is 17.7. The molecule has 3 unspecified atom stereocenters. The lowest BCUT2D eigenvalue weighted by molar-refractivity contribution is 0.439. The topological polar surface area (TPSA) is 41.9 Å². The third-order valence-corrected chi connectivity index (χ3v) is 7.19. The highest BCUT2D eigenvalue weighted by atomic mass is 15.1. The van der Waals surface area contributed by atoms with E-state index in [2.05, 4.69) is 85.0 Å². The van der Waals surface area contributed by atoms with E-state index in [1.54, 1.807) is 6.20 Å². The van der Waals surface area contributed by atoms with Crippen molar-refractivity contribution in [2.24, 2.45) is 0 Å². The molecule has 1 saturated heterocycles. The lowest BCUT2D eigenvalue weighted by Gasteiger charge is -2.23. The van der Waals surface area contributed by atoms with Crippen LogP contribution in [0, 0.1) is 6.92 Å². The van der Waals surface area contributed by atoms with E-state index >= 15 is 0 Å². The molecule has 190 valence electrons. The van der Waals surface area contributed by atoms with Crippen molar-refractivity contribution in [2.45, 2.75) is 91.1 Å². The number of aryl methyl sites for hydroxylation is 2. The smallest absolute Gasteiger partial charge is 0.113 e. The van der Waals surface area contributed by atoms with E-state index in [-0.39, 0.29) is 0 Å². The molecule has 0 spiro atoms. The van der Waals surface area contributed by atoms with E-state index in [1.807, 2.05) is 13.8 Å². The van der Waals surface area contributed by atoms with Crippen LogP contribution >= 0.6 is 0 Å². The van der Waals surface area contributed by atoms with E-state index in [0.717, 1.165) is 32.4 Å². The van der Waals surface area contributed by atoms with Crippen LogP contribution in [0.5, 0.6) is 0 Å². The monoisotopic (exact) mass is 474 g/mol. The molecule has 3 atom stereocenters. The Morgan fingerprint density at radius 2 is 1.89 bits per heavy atom. The Morgan fingerprint density at radius 1 is 1.11 bits per heavy atom. The molecule has 2 aromatic carbocycles. The van der Waals surface area contributed by atoms with Gasteiger partial charge in [0.25, 0.3) is 0 Å². The van der Waals surface area contributed by atoms with Gasteiger partial charge in [-0.05, 0) is 94.4 Å². The first-order chi connectivity index (χ1) is 17.1. The highest BCUT2D eigenvalue weighted by molar-refractivity contribution is 5.81. The van der Waals surface area contributed by atoms with Gasteiger partial charge in [0.05, 0.1) is 11.0 Å². The summed E-state index contributed by atoms with van der Waals surface area (Å²) >= 11 is 0. The van der Waals surface area contributed by atoms with Crippen LogP contribution in [0.4, 0.5) is 0 Å². The van der Waals surface area contributed by atoms with Gasteiger partial charge in [0.1, 0.15) is 5.82 Å².